The van der Waals surface area contributed by atoms with Crippen LogP contribution >= 0.6 is 11.6 Å². The van der Waals surface area contributed by atoms with Crippen LogP contribution in [0.5, 0.6) is 5.75 Å². The highest BCUT2D eigenvalue weighted by Gasteiger charge is 2.04. The van der Waals surface area contributed by atoms with Crippen molar-refractivity contribution in [3.63, 3.8) is 0 Å². The normalized spacial score (nSPS) is 10.9. The topological polar surface area (TPSA) is 38.5 Å². The molecule has 1 aromatic rings. The maximum Gasteiger partial charge on any atom is 0.122 e. The van der Waals surface area contributed by atoms with E-state index in [9.17, 15) is 0 Å². The first-order chi connectivity index (χ1) is 8.13. The Morgan fingerprint density at radius 2 is 2.12 bits per heavy atom. The lowest BCUT2D eigenvalue weighted by atomic mass is 10.1. The van der Waals surface area contributed by atoms with Crippen LogP contribution in [0.2, 0.25) is 5.02 Å². The van der Waals surface area contributed by atoms with E-state index in [4.69, 9.17) is 22.1 Å². The molecule has 3 nitrogen and oxygen atoms in total. The molecule has 0 spiro atoms. The first kappa shape index (κ1) is 14.3. The predicted octanol–water partition coefficient (Wildman–Crippen LogP) is 2.17. The summed E-state index contributed by atoms with van der Waals surface area (Å²) in [7, 11) is 4.12. The number of nitrogens with two attached hydrogens (primary N) is 1. The van der Waals surface area contributed by atoms with Gasteiger partial charge in [0.1, 0.15) is 5.75 Å². The molecule has 96 valence electrons. The summed E-state index contributed by atoms with van der Waals surface area (Å²) >= 11 is 5.95. The summed E-state index contributed by atoms with van der Waals surface area (Å²) in [6.45, 7) is 2.35. The highest BCUT2D eigenvalue weighted by Crippen LogP contribution is 2.23. The van der Waals surface area contributed by atoms with Crippen molar-refractivity contribution in [3.8, 4) is 5.75 Å². The number of ether oxygens (including phenoxy) is 1. The molecule has 0 aromatic heterocycles. The van der Waals surface area contributed by atoms with Crippen molar-refractivity contribution in [1.29, 1.82) is 0 Å². The van der Waals surface area contributed by atoms with E-state index < -0.39 is 0 Å². The number of nitrogens with zero attached hydrogens (tertiary/aromatic N) is 1. The Morgan fingerprint density at radius 3 is 2.76 bits per heavy atom. The van der Waals surface area contributed by atoms with Gasteiger partial charge in [-0.1, -0.05) is 11.6 Å². The van der Waals surface area contributed by atoms with Gasteiger partial charge in [-0.05, 0) is 57.2 Å². The Morgan fingerprint density at radius 1 is 1.35 bits per heavy atom. The average Bonchev–Trinajstić information content (AvgIpc) is 2.27. The van der Waals surface area contributed by atoms with Gasteiger partial charge in [0.2, 0.25) is 0 Å². The van der Waals surface area contributed by atoms with Crippen molar-refractivity contribution in [2.45, 2.75) is 12.8 Å². The van der Waals surface area contributed by atoms with Gasteiger partial charge in [-0.25, -0.2) is 0 Å². The van der Waals surface area contributed by atoms with Crippen LogP contribution in [-0.2, 0) is 6.42 Å². The SMILES string of the molecule is CN(C)CCCOc1ccc(Cl)cc1CCN. The Hall–Kier alpha value is -0.770. The largest absolute Gasteiger partial charge is 0.493 e. The molecule has 2 N–H and O–H groups in total. The van der Waals surface area contributed by atoms with Gasteiger partial charge >= 0.3 is 0 Å². The van der Waals surface area contributed by atoms with Crippen LogP contribution in [0.4, 0.5) is 0 Å². The molecule has 0 radical (unpaired) electrons. The van der Waals surface area contributed by atoms with E-state index in [1.54, 1.807) is 0 Å². The second-order valence-electron chi connectivity index (χ2n) is 4.30. The van der Waals surface area contributed by atoms with E-state index in [-0.39, 0.29) is 0 Å². The summed E-state index contributed by atoms with van der Waals surface area (Å²) in [5, 5.41) is 0.731. The van der Waals surface area contributed by atoms with Crippen molar-refractivity contribution in [3.05, 3.63) is 28.8 Å². The Labute approximate surface area is 109 Å². The Kier molecular flexibility index (Phi) is 6.34. The van der Waals surface area contributed by atoms with Crippen molar-refractivity contribution in [2.75, 3.05) is 33.8 Å². The third-order valence-corrected chi connectivity index (χ3v) is 2.68. The van der Waals surface area contributed by atoms with Crippen LogP contribution in [0.25, 0.3) is 0 Å². The minimum atomic E-state index is 0.606. The standard InChI is InChI=1S/C13H21ClN2O/c1-16(2)8-3-9-17-13-5-4-12(14)10-11(13)6-7-15/h4-5,10H,3,6-9,15H2,1-2H3. The van der Waals surface area contributed by atoms with Crippen molar-refractivity contribution in [1.82, 2.24) is 4.90 Å². The third-order valence-electron chi connectivity index (χ3n) is 2.44. The predicted molar refractivity (Wildman–Crippen MR) is 72.9 cm³/mol. The Balaban J connectivity index is 2.51. The molecule has 4 heteroatoms. The van der Waals surface area contributed by atoms with Gasteiger partial charge in [0.05, 0.1) is 6.61 Å². The van der Waals surface area contributed by atoms with Gasteiger partial charge in [-0.15, -0.1) is 0 Å². The van der Waals surface area contributed by atoms with Crippen molar-refractivity contribution < 1.29 is 4.74 Å². The van der Waals surface area contributed by atoms with E-state index >= 15 is 0 Å². The van der Waals surface area contributed by atoms with E-state index in [1.807, 2.05) is 18.2 Å². The van der Waals surface area contributed by atoms with Crippen LogP contribution in [0.15, 0.2) is 18.2 Å². The molecule has 0 aliphatic rings. The van der Waals surface area contributed by atoms with Crippen molar-refractivity contribution in [2.24, 2.45) is 5.73 Å². The highest BCUT2D eigenvalue weighted by atomic mass is 35.5. The average molecular weight is 257 g/mol. The van der Waals surface area contributed by atoms with E-state index in [2.05, 4.69) is 19.0 Å². The van der Waals surface area contributed by atoms with Crippen LogP contribution in [-0.4, -0.2) is 38.7 Å². The van der Waals surface area contributed by atoms with Crippen LogP contribution in [0.1, 0.15) is 12.0 Å². The summed E-state index contributed by atoms with van der Waals surface area (Å²) in [5.41, 5.74) is 6.66. The second kappa shape index (κ2) is 7.54. The fraction of sp³-hybridized carbons (Fsp3) is 0.538. The first-order valence-corrected chi connectivity index (χ1v) is 6.27. The van der Waals surface area contributed by atoms with Crippen molar-refractivity contribution >= 4 is 11.6 Å². The van der Waals surface area contributed by atoms with Gasteiger partial charge in [-0.3, -0.25) is 0 Å². The zero-order chi connectivity index (χ0) is 12.7. The van der Waals surface area contributed by atoms with Gasteiger partial charge < -0.3 is 15.4 Å². The smallest absolute Gasteiger partial charge is 0.122 e. The van der Waals surface area contributed by atoms with Gasteiger partial charge in [-0.2, -0.15) is 0 Å². The minimum Gasteiger partial charge on any atom is -0.493 e. The van der Waals surface area contributed by atoms with E-state index in [0.29, 0.717) is 6.54 Å². The van der Waals surface area contributed by atoms with Gasteiger partial charge in [0.25, 0.3) is 0 Å². The summed E-state index contributed by atoms with van der Waals surface area (Å²) in [6.07, 6.45) is 1.81. The highest BCUT2D eigenvalue weighted by molar-refractivity contribution is 6.30. The lowest BCUT2D eigenvalue weighted by Gasteiger charge is -2.13. The zero-order valence-electron chi connectivity index (χ0n) is 10.6. The van der Waals surface area contributed by atoms with Gasteiger partial charge in [0, 0.05) is 11.6 Å². The molecule has 0 heterocycles. The first-order valence-electron chi connectivity index (χ1n) is 5.89. The fourth-order valence-electron chi connectivity index (χ4n) is 1.60. The molecule has 0 aliphatic heterocycles. The van der Waals surface area contributed by atoms with Crippen LogP contribution in [0, 0.1) is 0 Å². The van der Waals surface area contributed by atoms with Gasteiger partial charge in [0.15, 0.2) is 0 Å². The monoisotopic (exact) mass is 256 g/mol. The molecule has 0 fully saturated rings. The molecule has 17 heavy (non-hydrogen) atoms. The quantitative estimate of drug-likeness (QED) is 0.760. The summed E-state index contributed by atoms with van der Waals surface area (Å²) < 4.78 is 5.75. The van der Waals surface area contributed by atoms with Crippen LogP contribution in [0.3, 0.4) is 0 Å². The van der Waals surface area contributed by atoms with E-state index in [1.165, 1.54) is 0 Å². The molecule has 1 aromatic carbocycles. The molecule has 0 atom stereocenters. The molecule has 0 unspecified atom stereocenters. The number of halogens is 1. The fourth-order valence-corrected chi connectivity index (χ4v) is 1.80. The summed E-state index contributed by atoms with van der Waals surface area (Å²) in [5.74, 6) is 0.901. The summed E-state index contributed by atoms with van der Waals surface area (Å²) in [6, 6.07) is 5.70. The zero-order valence-corrected chi connectivity index (χ0v) is 11.3. The molecular weight excluding hydrogens is 236 g/mol. The number of hydrogen-bond acceptors (Lipinski definition) is 3. The number of hydrogen-bond donors (Lipinski definition) is 1. The summed E-state index contributed by atoms with van der Waals surface area (Å²) in [4.78, 5) is 2.14. The molecule has 1 rings (SSSR count). The number of benzene rings is 1. The maximum absolute atomic E-state index is 5.95. The lowest BCUT2D eigenvalue weighted by molar-refractivity contribution is 0.279. The minimum absolute atomic E-state index is 0.606. The second-order valence-corrected chi connectivity index (χ2v) is 4.73. The molecule has 0 bridgehead atoms. The molecular formula is C13H21ClN2O. The molecule has 0 amide bonds. The third kappa shape index (κ3) is 5.39. The lowest BCUT2D eigenvalue weighted by Crippen LogP contribution is -2.16. The van der Waals surface area contributed by atoms with E-state index in [0.717, 1.165) is 42.3 Å². The molecule has 0 saturated heterocycles. The molecule has 0 aliphatic carbocycles. The number of rotatable bonds is 7. The molecule has 0 saturated carbocycles. The maximum atomic E-state index is 5.95. The Bertz CT molecular complexity index is 342. The van der Waals surface area contributed by atoms with Crippen LogP contribution < -0.4 is 10.5 Å².